The fourth-order valence-electron chi connectivity index (χ4n) is 3.61. The summed E-state index contributed by atoms with van der Waals surface area (Å²) in [6.07, 6.45) is 1.74. The van der Waals surface area contributed by atoms with Gasteiger partial charge >= 0.3 is 0 Å². The minimum Gasteiger partial charge on any atom is -0.375 e. The summed E-state index contributed by atoms with van der Waals surface area (Å²) in [4.78, 5) is 2.28. The lowest BCUT2D eigenvalue weighted by Crippen LogP contribution is -2.39. The lowest BCUT2D eigenvalue weighted by Gasteiger charge is -2.23. The van der Waals surface area contributed by atoms with Crippen LogP contribution < -0.4 is 0 Å². The Balaban J connectivity index is 1.42. The first-order valence-corrected chi connectivity index (χ1v) is 9.78. The molecule has 1 aromatic rings. The molecule has 3 heterocycles. The van der Waals surface area contributed by atoms with Gasteiger partial charge in [-0.1, -0.05) is 5.16 Å². The number of hydrogen-bond donors (Lipinski definition) is 0. The number of hydrogen-bond acceptors (Lipinski definition) is 6. The first kappa shape index (κ1) is 15.6. The number of ether oxygens (including phenoxy) is 1. The van der Waals surface area contributed by atoms with Gasteiger partial charge < -0.3 is 9.26 Å². The molecule has 1 aliphatic carbocycles. The number of rotatable bonds is 4. The van der Waals surface area contributed by atoms with Crippen LogP contribution in [-0.2, 0) is 21.3 Å². The van der Waals surface area contributed by atoms with Crippen LogP contribution in [0.4, 0.5) is 0 Å². The quantitative estimate of drug-likeness (QED) is 0.799. The molecule has 0 unspecified atom stereocenters. The van der Waals surface area contributed by atoms with Gasteiger partial charge in [-0.05, 0) is 19.8 Å². The van der Waals surface area contributed by atoms with E-state index in [1.807, 2.05) is 13.0 Å². The smallest absolute Gasteiger partial charge is 0.217 e. The largest absolute Gasteiger partial charge is 0.375 e. The van der Waals surface area contributed by atoms with Gasteiger partial charge in [0.15, 0.2) is 0 Å². The van der Waals surface area contributed by atoms with Gasteiger partial charge in [0, 0.05) is 44.7 Å². The Morgan fingerprint density at radius 3 is 2.83 bits per heavy atom. The predicted molar refractivity (Wildman–Crippen MR) is 83.3 cm³/mol. The summed E-state index contributed by atoms with van der Waals surface area (Å²) < 4.78 is 37.7. The van der Waals surface area contributed by atoms with Crippen LogP contribution in [0.3, 0.4) is 0 Å². The maximum atomic E-state index is 12.5. The lowest BCUT2D eigenvalue weighted by molar-refractivity contribution is 0.0517. The molecule has 0 spiro atoms. The second-order valence-electron chi connectivity index (χ2n) is 6.89. The normalized spacial score (nSPS) is 30.3. The van der Waals surface area contributed by atoms with Gasteiger partial charge in [0.25, 0.3) is 0 Å². The van der Waals surface area contributed by atoms with Crippen molar-refractivity contribution < 1.29 is 17.7 Å². The molecular formula is C15H23N3O4S. The van der Waals surface area contributed by atoms with Gasteiger partial charge in [-0.15, -0.1) is 0 Å². The molecule has 128 valence electrons. The summed E-state index contributed by atoms with van der Waals surface area (Å²) in [5.41, 5.74) is 0.918. The molecule has 3 fully saturated rings. The van der Waals surface area contributed by atoms with E-state index < -0.39 is 10.0 Å². The van der Waals surface area contributed by atoms with E-state index in [0.29, 0.717) is 19.7 Å². The van der Waals surface area contributed by atoms with Gasteiger partial charge in [-0.25, -0.2) is 8.42 Å². The molecule has 2 saturated heterocycles. The first-order chi connectivity index (χ1) is 11.0. The molecular weight excluding hydrogens is 318 g/mol. The third-order valence-electron chi connectivity index (χ3n) is 4.94. The van der Waals surface area contributed by atoms with Crippen LogP contribution in [0.1, 0.15) is 24.3 Å². The van der Waals surface area contributed by atoms with E-state index in [2.05, 4.69) is 10.1 Å². The minimum absolute atomic E-state index is 0.113. The zero-order valence-electron chi connectivity index (χ0n) is 13.3. The fraction of sp³-hybridized carbons (Fsp3) is 0.800. The average Bonchev–Trinajstić information content (AvgIpc) is 3.24. The van der Waals surface area contributed by atoms with Crippen molar-refractivity contribution in [1.82, 2.24) is 14.4 Å². The third kappa shape index (κ3) is 3.17. The van der Waals surface area contributed by atoms with Gasteiger partial charge in [0.1, 0.15) is 5.76 Å². The monoisotopic (exact) mass is 341 g/mol. The number of likely N-dealkylation sites (tertiary alicyclic amines) is 1. The molecule has 7 nitrogen and oxygen atoms in total. The molecule has 4 rings (SSSR count). The van der Waals surface area contributed by atoms with Crippen LogP contribution in [0.2, 0.25) is 0 Å². The van der Waals surface area contributed by atoms with Crippen molar-refractivity contribution in [1.29, 1.82) is 0 Å². The highest BCUT2D eigenvalue weighted by Crippen LogP contribution is 2.33. The van der Waals surface area contributed by atoms with E-state index in [1.165, 1.54) is 0 Å². The van der Waals surface area contributed by atoms with Crippen molar-refractivity contribution in [3.63, 3.8) is 0 Å². The SMILES string of the molecule is Cc1cc(CN2C[C@@H]3CN(S(=O)(=O)C4CC4)CCO[C@@H]3C2)no1. The van der Waals surface area contributed by atoms with Gasteiger partial charge in [-0.2, -0.15) is 4.31 Å². The average molecular weight is 341 g/mol. The molecule has 0 aromatic carbocycles. The zero-order chi connectivity index (χ0) is 16.0. The molecule has 23 heavy (non-hydrogen) atoms. The van der Waals surface area contributed by atoms with E-state index in [4.69, 9.17) is 9.26 Å². The van der Waals surface area contributed by atoms with Gasteiger partial charge in [0.05, 0.1) is 23.7 Å². The third-order valence-corrected chi connectivity index (χ3v) is 7.30. The minimum atomic E-state index is -3.12. The van der Waals surface area contributed by atoms with Crippen molar-refractivity contribution in [3.05, 3.63) is 17.5 Å². The standard InChI is InChI=1S/C15H23N3O4S/c1-11-6-13(16-22-11)9-17-7-12-8-18(4-5-21-15(12)10-17)23(19,20)14-2-3-14/h6,12,14-15H,2-5,7-10H2,1H3/t12-,15-/m1/s1. The van der Waals surface area contributed by atoms with Crippen molar-refractivity contribution in [3.8, 4) is 0 Å². The summed E-state index contributed by atoms with van der Waals surface area (Å²) in [5, 5.41) is 3.89. The fourth-order valence-corrected chi connectivity index (χ4v) is 5.49. The van der Waals surface area contributed by atoms with E-state index in [1.54, 1.807) is 4.31 Å². The molecule has 0 amide bonds. The highest BCUT2D eigenvalue weighted by atomic mass is 32.2. The van der Waals surface area contributed by atoms with Crippen LogP contribution in [0.5, 0.6) is 0 Å². The van der Waals surface area contributed by atoms with Crippen LogP contribution in [0.25, 0.3) is 0 Å². The Morgan fingerprint density at radius 2 is 2.13 bits per heavy atom. The maximum Gasteiger partial charge on any atom is 0.217 e. The molecule has 8 heteroatoms. The summed E-state index contributed by atoms with van der Waals surface area (Å²) in [6, 6.07) is 1.94. The lowest BCUT2D eigenvalue weighted by atomic mass is 10.1. The number of nitrogens with zero attached hydrogens (tertiary/aromatic N) is 3. The van der Waals surface area contributed by atoms with Crippen molar-refractivity contribution in [2.45, 2.75) is 37.7 Å². The molecule has 3 aliphatic rings. The van der Waals surface area contributed by atoms with Crippen molar-refractivity contribution in [2.75, 3.05) is 32.8 Å². The Bertz CT molecular complexity index is 670. The Hall–Kier alpha value is -0.960. The van der Waals surface area contributed by atoms with Crippen molar-refractivity contribution >= 4 is 10.0 Å². The summed E-state index contributed by atoms with van der Waals surface area (Å²) in [6.45, 7) is 5.84. The molecule has 0 N–H and O–H groups in total. The molecule has 0 radical (unpaired) electrons. The highest BCUT2D eigenvalue weighted by Gasteiger charge is 2.44. The van der Waals surface area contributed by atoms with Crippen LogP contribution in [-0.4, -0.2) is 66.9 Å². The van der Waals surface area contributed by atoms with Crippen molar-refractivity contribution in [2.24, 2.45) is 5.92 Å². The molecule has 2 aliphatic heterocycles. The number of sulfonamides is 1. The van der Waals surface area contributed by atoms with Gasteiger partial charge in [-0.3, -0.25) is 4.90 Å². The molecule has 1 aromatic heterocycles. The van der Waals surface area contributed by atoms with Crippen LogP contribution >= 0.6 is 0 Å². The van der Waals surface area contributed by atoms with E-state index in [9.17, 15) is 8.42 Å². The molecule has 2 atom stereocenters. The Kier molecular flexibility index (Phi) is 3.95. The predicted octanol–water partition coefficient (Wildman–Crippen LogP) is 0.608. The van der Waals surface area contributed by atoms with E-state index in [0.717, 1.165) is 43.9 Å². The number of fused-ring (bicyclic) bond motifs is 1. The zero-order valence-corrected chi connectivity index (χ0v) is 14.2. The Labute approximate surface area is 136 Å². The molecule has 1 saturated carbocycles. The number of aryl methyl sites for hydroxylation is 1. The second-order valence-corrected chi connectivity index (χ2v) is 9.11. The van der Waals surface area contributed by atoms with Crippen LogP contribution in [0, 0.1) is 12.8 Å². The van der Waals surface area contributed by atoms with E-state index >= 15 is 0 Å². The van der Waals surface area contributed by atoms with Crippen LogP contribution in [0.15, 0.2) is 10.6 Å². The maximum absolute atomic E-state index is 12.5. The summed E-state index contributed by atoms with van der Waals surface area (Å²) in [5.74, 6) is 1.05. The highest BCUT2D eigenvalue weighted by molar-refractivity contribution is 7.90. The van der Waals surface area contributed by atoms with E-state index in [-0.39, 0.29) is 17.3 Å². The second kappa shape index (κ2) is 5.84. The number of aromatic nitrogens is 1. The summed E-state index contributed by atoms with van der Waals surface area (Å²) >= 11 is 0. The Morgan fingerprint density at radius 1 is 1.30 bits per heavy atom. The first-order valence-electron chi connectivity index (χ1n) is 8.27. The topological polar surface area (TPSA) is 75.9 Å². The van der Waals surface area contributed by atoms with Gasteiger partial charge in [0.2, 0.25) is 10.0 Å². The molecule has 0 bridgehead atoms. The summed E-state index contributed by atoms with van der Waals surface area (Å²) in [7, 11) is -3.12.